The zero-order chi connectivity index (χ0) is 13.3. The Labute approximate surface area is 106 Å². The Bertz CT molecular complexity index is 450. The molecule has 0 saturated heterocycles. The van der Waals surface area contributed by atoms with Crippen molar-refractivity contribution in [3.63, 3.8) is 0 Å². The lowest BCUT2D eigenvalue weighted by Crippen LogP contribution is -2.41. The Kier molecular flexibility index (Phi) is 3.45. The van der Waals surface area contributed by atoms with E-state index in [4.69, 9.17) is 0 Å². The van der Waals surface area contributed by atoms with Gasteiger partial charge in [-0.25, -0.2) is 0 Å². The molecule has 0 saturated carbocycles. The van der Waals surface area contributed by atoms with Crippen molar-refractivity contribution in [2.75, 3.05) is 20.3 Å². The molecule has 0 spiro atoms. The van der Waals surface area contributed by atoms with Crippen molar-refractivity contribution >= 4 is 11.8 Å². The molecule has 0 aliphatic carbocycles. The van der Waals surface area contributed by atoms with Gasteiger partial charge in [0.05, 0.1) is 23.9 Å². The number of carbonyl (C=O) groups is 2. The number of imide groups is 1. The largest absolute Gasteiger partial charge is 0.392 e. The zero-order valence-electron chi connectivity index (χ0n) is 10.5. The summed E-state index contributed by atoms with van der Waals surface area (Å²) in [5.41, 5.74) is 0.904. The number of fused-ring (bicyclic) bond motifs is 1. The molecule has 1 unspecified atom stereocenters. The number of carbonyl (C=O) groups excluding carboxylic acids is 2. The fourth-order valence-electron chi connectivity index (χ4n) is 2.12. The second kappa shape index (κ2) is 4.88. The number of aliphatic hydroxyl groups excluding tert-OH is 1. The van der Waals surface area contributed by atoms with Gasteiger partial charge in [-0.1, -0.05) is 12.1 Å². The van der Waals surface area contributed by atoms with Gasteiger partial charge in [0, 0.05) is 6.54 Å². The summed E-state index contributed by atoms with van der Waals surface area (Å²) in [5, 5.41) is 9.27. The fraction of sp³-hybridized carbons (Fsp3) is 0.385. The summed E-state index contributed by atoms with van der Waals surface area (Å²) in [4.78, 5) is 27.0. The van der Waals surface area contributed by atoms with Gasteiger partial charge in [0.15, 0.2) is 0 Å². The second-order valence-electron chi connectivity index (χ2n) is 4.61. The molecule has 1 aliphatic heterocycles. The summed E-state index contributed by atoms with van der Waals surface area (Å²) in [6.45, 7) is 2.27. The molecule has 5 nitrogen and oxygen atoms in total. The Morgan fingerprint density at radius 2 is 1.72 bits per heavy atom. The summed E-state index contributed by atoms with van der Waals surface area (Å²) >= 11 is 0. The van der Waals surface area contributed by atoms with E-state index in [-0.39, 0.29) is 18.5 Å². The number of likely N-dealkylation sites (N-methyl/N-ethyl adjacent to an activating group) is 1. The highest BCUT2D eigenvalue weighted by Crippen LogP contribution is 2.22. The lowest BCUT2D eigenvalue weighted by molar-refractivity contribution is 0.0511. The van der Waals surface area contributed by atoms with E-state index in [1.165, 1.54) is 4.90 Å². The van der Waals surface area contributed by atoms with Crippen LogP contribution in [-0.2, 0) is 0 Å². The van der Waals surface area contributed by atoms with Gasteiger partial charge in [0.2, 0.25) is 0 Å². The molecule has 0 radical (unpaired) electrons. The van der Waals surface area contributed by atoms with E-state index in [0.29, 0.717) is 17.7 Å². The van der Waals surface area contributed by atoms with Crippen LogP contribution in [-0.4, -0.2) is 53.1 Å². The van der Waals surface area contributed by atoms with Crippen molar-refractivity contribution in [1.82, 2.24) is 9.80 Å². The van der Waals surface area contributed by atoms with E-state index in [1.54, 1.807) is 43.1 Å². The molecule has 1 atom stereocenters. The predicted octanol–water partition coefficient (Wildman–Crippen LogP) is 0.553. The van der Waals surface area contributed by atoms with E-state index < -0.39 is 6.10 Å². The molecular formula is C13H16N2O3. The number of aliphatic hydroxyl groups is 1. The third-order valence-corrected chi connectivity index (χ3v) is 2.84. The summed E-state index contributed by atoms with van der Waals surface area (Å²) in [7, 11) is 1.76. The summed E-state index contributed by atoms with van der Waals surface area (Å²) < 4.78 is 0. The van der Waals surface area contributed by atoms with Gasteiger partial charge < -0.3 is 5.11 Å². The Morgan fingerprint density at radius 1 is 1.22 bits per heavy atom. The molecular weight excluding hydrogens is 232 g/mol. The highest BCUT2D eigenvalue weighted by atomic mass is 16.3. The van der Waals surface area contributed by atoms with Gasteiger partial charge in [0.1, 0.15) is 0 Å². The standard InChI is InChI=1S/C13H16N2O3/c1-9(16)7-14(2)8-15-12(17)10-5-3-4-6-11(10)13(15)18/h3-6,9,16H,7-8H2,1-2H3. The predicted molar refractivity (Wildman–Crippen MR) is 66.1 cm³/mol. The number of hydrogen-bond donors (Lipinski definition) is 1. The second-order valence-corrected chi connectivity index (χ2v) is 4.61. The van der Waals surface area contributed by atoms with Crippen molar-refractivity contribution in [1.29, 1.82) is 0 Å². The molecule has 0 fully saturated rings. The van der Waals surface area contributed by atoms with Crippen LogP contribution in [0.15, 0.2) is 24.3 Å². The number of rotatable bonds is 4. The van der Waals surface area contributed by atoms with Crippen LogP contribution in [0.3, 0.4) is 0 Å². The lowest BCUT2D eigenvalue weighted by atomic mass is 10.1. The maximum atomic E-state index is 12.0. The van der Waals surface area contributed by atoms with Crippen LogP contribution in [0.2, 0.25) is 0 Å². The molecule has 5 heteroatoms. The van der Waals surface area contributed by atoms with Gasteiger partial charge in [0.25, 0.3) is 11.8 Å². The monoisotopic (exact) mass is 248 g/mol. The average molecular weight is 248 g/mol. The third-order valence-electron chi connectivity index (χ3n) is 2.84. The van der Waals surface area contributed by atoms with Crippen molar-refractivity contribution < 1.29 is 14.7 Å². The number of hydrogen-bond acceptors (Lipinski definition) is 4. The van der Waals surface area contributed by atoms with Crippen molar-refractivity contribution in [3.05, 3.63) is 35.4 Å². The van der Waals surface area contributed by atoms with Crippen LogP contribution in [0.1, 0.15) is 27.6 Å². The highest BCUT2D eigenvalue weighted by Gasteiger charge is 2.35. The first-order valence-corrected chi connectivity index (χ1v) is 5.82. The van der Waals surface area contributed by atoms with E-state index in [2.05, 4.69) is 0 Å². The third kappa shape index (κ3) is 2.27. The van der Waals surface area contributed by atoms with Crippen LogP contribution in [0.5, 0.6) is 0 Å². The first-order chi connectivity index (χ1) is 8.50. The van der Waals surface area contributed by atoms with E-state index >= 15 is 0 Å². The van der Waals surface area contributed by atoms with Gasteiger partial charge >= 0.3 is 0 Å². The van der Waals surface area contributed by atoms with Gasteiger partial charge in [-0.05, 0) is 26.1 Å². The van der Waals surface area contributed by atoms with E-state index in [0.717, 1.165) is 0 Å². The van der Waals surface area contributed by atoms with Crippen molar-refractivity contribution in [2.45, 2.75) is 13.0 Å². The van der Waals surface area contributed by atoms with Gasteiger partial charge in [-0.3, -0.25) is 19.4 Å². The number of benzene rings is 1. The highest BCUT2D eigenvalue weighted by molar-refractivity contribution is 6.21. The molecule has 2 amide bonds. The molecule has 1 heterocycles. The SMILES string of the molecule is CC(O)CN(C)CN1C(=O)c2ccccc2C1=O. The van der Waals surface area contributed by atoms with Crippen LogP contribution in [0, 0.1) is 0 Å². The zero-order valence-corrected chi connectivity index (χ0v) is 10.5. The molecule has 18 heavy (non-hydrogen) atoms. The molecule has 1 aromatic rings. The maximum Gasteiger partial charge on any atom is 0.262 e. The van der Waals surface area contributed by atoms with Crippen LogP contribution < -0.4 is 0 Å². The maximum absolute atomic E-state index is 12.0. The van der Waals surface area contributed by atoms with Crippen molar-refractivity contribution in [3.8, 4) is 0 Å². The quantitative estimate of drug-likeness (QED) is 0.791. The van der Waals surface area contributed by atoms with Gasteiger partial charge in [-0.15, -0.1) is 0 Å². The minimum atomic E-state index is -0.495. The van der Waals surface area contributed by atoms with Crippen LogP contribution >= 0.6 is 0 Å². The number of nitrogens with zero attached hydrogens (tertiary/aromatic N) is 2. The average Bonchev–Trinajstić information content (AvgIpc) is 2.54. The number of amides is 2. The Balaban J connectivity index is 2.14. The van der Waals surface area contributed by atoms with Crippen LogP contribution in [0.4, 0.5) is 0 Å². The fourth-order valence-corrected chi connectivity index (χ4v) is 2.12. The molecule has 1 aliphatic rings. The molecule has 0 aromatic heterocycles. The Hall–Kier alpha value is -1.72. The summed E-state index contributed by atoms with van der Waals surface area (Å²) in [5.74, 6) is -0.541. The van der Waals surface area contributed by atoms with Crippen LogP contribution in [0.25, 0.3) is 0 Å². The molecule has 96 valence electrons. The van der Waals surface area contributed by atoms with E-state index in [1.807, 2.05) is 0 Å². The summed E-state index contributed by atoms with van der Waals surface area (Å²) in [6.07, 6.45) is -0.495. The molecule has 1 aromatic carbocycles. The topological polar surface area (TPSA) is 60.9 Å². The normalized spacial score (nSPS) is 16.3. The smallest absolute Gasteiger partial charge is 0.262 e. The summed E-state index contributed by atoms with van der Waals surface area (Å²) in [6, 6.07) is 6.80. The minimum absolute atomic E-state index is 0.192. The van der Waals surface area contributed by atoms with Gasteiger partial charge in [-0.2, -0.15) is 0 Å². The molecule has 0 bridgehead atoms. The van der Waals surface area contributed by atoms with E-state index in [9.17, 15) is 14.7 Å². The molecule has 1 N–H and O–H groups in total. The molecule has 2 rings (SSSR count). The first-order valence-electron chi connectivity index (χ1n) is 5.82. The Morgan fingerprint density at radius 3 is 2.17 bits per heavy atom. The first kappa shape index (κ1) is 12.7. The lowest BCUT2D eigenvalue weighted by Gasteiger charge is -2.23. The van der Waals surface area contributed by atoms with Crippen molar-refractivity contribution in [2.24, 2.45) is 0 Å². The minimum Gasteiger partial charge on any atom is -0.392 e.